The average Bonchev–Trinajstić information content (AvgIpc) is 3.37. The smallest absolute Gasteiger partial charge is 0.265 e. The van der Waals surface area contributed by atoms with Crippen molar-refractivity contribution in [3.8, 4) is 17.1 Å². The van der Waals surface area contributed by atoms with Gasteiger partial charge in [-0.15, -0.1) is 0 Å². The van der Waals surface area contributed by atoms with Crippen molar-refractivity contribution in [2.75, 3.05) is 13.2 Å². The van der Waals surface area contributed by atoms with E-state index in [0.717, 1.165) is 11.3 Å². The Hall–Kier alpha value is -3.75. The van der Waals surface area contributed by atoms with Crippen molar-refractivity contribution in [3.05, 3.63) is 54.9 Å². The first kappa shape index (κ1) is 16.7. The van der Waals surface area contributed by atoms with Crippen molar-refractivity contribution >= 4 is 17.0 Å². The summed E-state index contributed by atoms with van der Waals surface area (Å²) in [5.41, 5.74) is 2.67. The molecule has 0 bridgehead atoms. The summed E-state index contributed by atoms with van der Waals surface area (Å²) < 4.78 is 10.9. The minimum absolute atomic E-state index is 0.172. The Balaban J connectivity index is 1.44. The van der Waals surface area contributed by atoms with E-state index in [1.54, 1.807) is 12.5 Å². The highest BCUT2D eigenvalue weighted by Crippen LogP contribution is 2.32. The van der Waals surface area contributed by atoms with Gasteiger partial charge in [-0.1, -0.05) is 35.5 Å². The van der Waals surface area contributed by atoms with Gasteiger partial charge >= 0.3 is 0 Å². The van der Waals surface area contributed by atoms with Crippen LogP contribution in [-0.2, 0) is 11.2 Å². The molecule has 0 fully saturated rings. The molecular weight excluding hydrogens is 348 g/mol. The Kier molecular flexibility index (Phi) is 4.73. The molecule has 0 saturated carbocycles. The van der Waals surface area contributed by atoms with Gasteiger partial charge in [0.2, 0.25) is 5.88 Å². The molecule has 0 unspecified atom stereocenters. The van der Waals surface area contributed by atoms with Crippen LogP contribution < -0.4 is 10.1 Å². The van der Waals surface area contributed by atoms with Crippen LogP contribution in [0.25, 0.3) is 22.4 Å². The highest BCUT2D eigenvalue weighted by molar-refractivity contribution is 5.93. The number of nitrogens with zero attached hydrogens (tertiary/aromatic N) is 4. The summed E-state index contributed by atoms with van der Waals surface area (Å²) in [4.78, 5) is 27.1. The highest BCUT2D eigenvalue weighted by Gasteiger charge is 2.18. The number of carbonyl (C=O) groups excluding carboxylic acids is 1. The Morgan fingerprint density at radius 1 is 1.22 bits per heavy atom. The predicted octanol–water partition coefficient (Wildman–Crippen LogP) is 1.75. The van der Waals surface area contributed by atoms with Crippen molar-refractivity contribution in [1.29, 1.82) is 0 Å². The SMILES string of the molecule is O=C(COc1ncnc2onc(-c3ccccc3)c12)NCCc1cnc[nH]1. The molecule has 1 amide bonds. The van der Waals surface area contributed by atoms with Crippen molar-refractivity contribution in [3.63, 3.8) is 0 Å². The van der Waals surface area contributed by atoms with Crippen LogP contribution in [0.3, 0.4) is 0 Å². The number of benzene rings is 1. The molecule has 9 nitrogen and oxygen atoms in total. The van der Waals surface area contributed by atoms with Crippen LogP contribution >= 0.6 is 0 Å². The summed E-state index contributed by atoms with van der Waals surface area (Å²) >= 11 is 0. The van der Waals surface area contributed by atoms with Gasteiger partial charge in [-0.05, 0) is 0 Å². The fraction of sp³-hybridized carbons (Fsp3) is 0.167. The van der Waals surface area contributed by atoms with Gasteiger partial charge in [0.1, 0.15) is 17.4 Å². The molecule has 4 rings (SSSR count). The highest BCUT2D eigenvalue weighted by atomic mass is 16.5. The van der Waals surface area contributed by atoms with Crippen LogP contribution in [0.4, 0.5) is 0 Å². The van der Waals surface area contributed by atoms with Gasteiger partial charge in [-0.2, -0.15) is 4.98 Å². The molecule has 0 aliphatic carbocycles. The van der Waals surface area contributed by atoms with E-state index in [9.17, 15) is 4.79 Å². The lowest BCUT2D eigenvalue weighted by Crippen LogP contribution is -2.30. The Labute approximate surface area is 153 Å². The normalized spacial score (nSPS) is 10.8. The molecule has 0 spiro atoms. The molecule has 1 aromatic carbocycles. The first-order chi connectivity index (χ1) is 13.3. The maximum Gasteiger partial charge on any atom is 0.265 e. The first-order valence-electron chi connectivity index (χ1n) is 8.34. The maximum absolute atomic E-state index is 12.0. The molecule has 3 heterocycles. The van der Waals surface area contributed by atoms with E-state index in [0.29, 0.717) is 29.8 Å². The van der Waals surface area contributed by atoms with Gasteiger partial charge in [-0.3, -0.25) is 4.79 Å². The molecule has 0 radical (unpaired) electrons. The second kappa shape index (κ2) is 7.65. The topological polar surface area (TPSA) is 119 Å². The number of rotatable bonds is 7. The van der Waals surface area contributed by atoms with Gasteiger partial charge in [0.25, 0.3) is 11.6 Å². The van der Waals surface area contributed by atoms with Crippen LogP contribution in [0, 0.1) is 0 Å². The maximum atomic E-state index is 12.0. The number of hydrogen-bond acceptors (Lipinski definition) is 7. The van der Waals surface area contributed by atoms with Crippen molar-refractivity contribution in [2.24, 2.45) is 0 Å². The zero-order chi connectivity index (χ0) is 18.5. The third-order valence-electron chi connectivity index (χ3n) is 3.90. The molecule has 27 heavy (non-hydrogen) atoms. The molecule has 4 aromatic rings. The van der Waals surface area contributed by atoms with Crippen LogP contribution in [0.5, 0.6) is 5.88 Å². The molecule has 0 saturated heterocycles. The lowest BCUT2D eigenvalue weighted by Gasteiger charge is -2.07. The van der Waals surface area contributed by atoms with Gasteiger partial charge in [0, 0.05) is 30.4 Å². The lowest BCUT2D eigenvalue weighted by molar-refractivity contribution is -0.123. The third kappa shape index (κ3) is 3.76. The minimum atomic E-state index is -0.251. The Morgan fingerprint density at radius 3 is 2.93 bits per heavy atom. The second-order valence-corrected chi connectivity index (χ2v) is 5.72. The number of H-pyrrole nitrogens is 1. The second-order valence-electron chi connectivity index (χ2n) is 5.72. The van der Waals surface area contributed by atoms with Gasteiger partial charge in [0.15, 0.2) is 6.61 Å². The number of aromatic nitrogens is 5. The fourth-order valence-corrected chi connectivity index (χ4v) is 2.61. The standard InChI is InChI=1S/C18H16N6O3/c25-14(20-7-6-13-8-19-10-21-13)9-26-17-15-16(12-4-2-1-3-5-12)24-27-18(15)23-11-22-17/h1-5,8,10-11H,6-7,9H2,(H,19,21)(H,20,25). The van der Waals surface area contributed by atoms with Gasteiger partial charge in [-0.25, -0.2) is 9.97 Å². The van der Waals surface area contributed by atoms with E-state index in [1.165, 1.54) is 6.33 Å². The number of nitrogens with one attached hydrogen (secondary N) is 2. The number of carbonyl (C=O) groups is 1. The summed E-state index contributed by atoms with van der Waals surface area (Å²) in [6.45, 7) is 0.306. The largest absolute Gasteiger partial charge is 0.467 e. The number of aromatic amines is 1. The molecule has 3 aromatic heterocycles. The van der Waals surface area contributed by atoms with E-state index < -0.39 is 0 Å². The molecule has 9 heteroatoms. The average molecular weight is 364 g/mol. The quantitative estimate of drug-likeness (QED) is 0.513. The fourth-order valence-electron chi connectivity index (χ4n) is 2.61. The van der Waals surface area contributed by atoms with E-state index in [-0.39, 0.29) is 18.4 Å². The Morgan fingerprint density at radius 2 is 2.11 bits per heavy atom. The number of fused-ring (bicyclic) bond motifs is 1. The van der Waals surface area contributed by atoms with Crippen LogP contribution in [0.15, 0.2) is 53.7 Å². The van der Waals surface area contributed by atoms with Crippen LogP contribution in [-0.4, -0.2) is 44.2 Å². The molecule has 0 atom stereocenters. The summed E-state index contributed by atoms with van der Waals surface area (Å²) in [6.07, 6.45) is 5.29. The zero-order valence-corrected chi connectivity index (χ0v) is 14.3. The van der Waals surface area contributed by atoms with E-state index in [4.69, 9.17) is 9.26 Å². The number of hydrogen-bond donors (Lipinski definition) is 2. The summed E-state index contributed by atoms with van der Waals surface area (Å²) in [6, 6.07) is 9.50. The Bertz CT molecular complexity index is 1030. The van der Waals surface area contributed by atoms with Gasteiger partial charge in [0.05, 0.1) is 6.33 Å². The molecule has 2 N–H and O–H groups in total. The number of ether oxygens (including phenoxy) is 1. The van der Waals surface area contributed by atoms with Crippen molar-refractivity contribution in [2.45, 2.75) is 6.42 Å². The third-order valence-corrected chi connectivity index (χ3v) is 3.90. The van der Waals surface area contributed by atoms with Crippen molar-refractivity contribution in [1.82, 2.24) is 30.4 Å². The monoisotopic (exact) mass is 364 g/mol. The lowest BCUT2D eigenvalue weighted by atomic mass is 10.1. The van der Waals surface area contributed by atoms with Crippen LogP contribution in [0.1, 0.15) is 5.69 Å². The van der Waals surface area contributed by atoms with E-state index >= 15 is 0 Å². The summed E-state index contributed by atoms with van der Waals surface area (Å²) in [5.74, 6) is 0.00261. The van der Waals surface area contributed by atoms with E-state index in [1.807, 2.05) is 30.3 Å². The molecular formula is C18H16N6O3. The molecule has 0 aliphatic heterocycles. The minimum Gasteiger partial charge on any atom is -0.467 e. The summed E-state index contributed by atoms with van der Waals surface area (Å²) in [7, 11) is 0. The summed E-state index contributed by atoms with van der Waals surface area (Å²) in [5, 5.41) is 7.39. The van der Waals surface area contributed by atoms with Gasteiger partial charge < -0.3 is 19.6 Å². The number of imidazole rings is 1. The zero-order valence-electron chi connectivity index (χ0n) is 14.3. The van der Waals surface area contributed by atoms with Crippen molar-refractivity contribution < 1.29 is 14.1 Å². The molecule has 136 valence electrons. The first-order valence-corrected chi connectivity index (χ1v) is 8.34. The predicted molar refractivity (Wildman–Crippen MR) is 95.8 cm³/mol. The number of amides is 1. The molecule has 0 aliphatic rings. The van der Waals surface area contributed by atoms with E-state index in [2.05, 4.69) is 30.4 Å². The van der Waals surface area contributed by atoms with Crippen LogP contribution in [0.2, 0.25) is 0 Å².